The molecule has 0 aliphatic heterocycles. The zero-order valence-electron chi connectivity index (χ0n) is 12.8. The van der Waals surface area contributed by atoms with Crippen LogP contribution in [0.2, 0.25) is 0 Å². The molecular formula is C19H24O2. The van der Waals surface area contributed by atoms with Gasteiger partial charge in [-0.2, -0.15) is 0 Å². The third-order valence-corrected chi connectivity index (χ3v) is 3.86. The highest BCUT2D eigenvalue weighted by Gasteiger charge is 2.14. The van der Waals surface area contributed by atoms with Crippen LogP contribution < -0.4 is 0 Å². The molecule has 2 heteroatoms. The molecule has 1 unspecified atom stereocenters. The summed E-state index contributed by atoms with van der Waals surface area (Å²) in [4.78, 5) is 12.1. The molecule has 2 rings (SSSR count). The molecule has 0 spiro atoms. The summed E-state index contributed by atoms with van der Waals surface area (Å²) in [5.74, 6) is 0.251. The number of hydrogen-bond acceptors (Lipinski definition) is 2. The number of methoxy groups -OCH3 is 1. The van der Waals surface area contributed by atoms with Crippen molar-refractivity contribution in [2.45, 2.75) is 44.6 Å². The number of hydrogen-bond donors (Lipinski definition) is 0. The topological polar surface area (TPSA) is 26.3 Å². The van der Waals surface area contributed by atoms with Gasteiger partial charge in [0.25, 0.3) is 0 Å². The first kappa shape index (κ1) is 15.7. The maximum absolute atomic E-state index is 12.1. The Labute approximate surface area is 127 Å². The van der Waals surface area contributed by atoms with Gasteiger partial charge in [-0.1, -0.05) is 54.1 Å². The highest BCUT2D eigenvalue weighted by atomic mass is 16.5. The molecule has 1 atom stereocenters. The van der Waals surface area contributed by atoms with E-state index in [1.165, 1.54) is 5.57 Å². The van der Waals surface area contributed by atoms with Crippen LogP contribution in [0.5, 0.6) is 0 Å². The van der Waals surface area contributed by atoms with Crippen molar-refractivity contribution in [3.8, 4) is 0 Å². The highest BCUT2D eigenvalue weighted by Crippen LogP contribution is 2.18. The number of rotatable bonds is 8. The minimum Gasteiger partial charge on any atom is -0.381 e. The first-order chi connectivity index (χ1) is 10.3. The van der Waals surface area contributed by atoms with Crippen LogP contribution in [0.15, 0.2) is 54.1 Å². The van der Waals surface area contributed by atoms with Crippen LogP contribution in [0.3, 0.4) is 0 Å². The van der Waals surface area contributed by atoms with Crippen molar-refractivity contribution in [1.82, 2.24) is 0 Å². The molecule has 0 heterocycles. The Morgan fingerprint density at radius 1 is 1.24 bits per heavy atom. The lowest BCUT2D eigenvalue weighted by Crippen LogP contribution is -2.17. The van der Waals surface area contributed by atoms with Crippen molar-refractivity contribution >= 4 is 5.78 Å². The Morgan fingerprint density at radius 2 is 2.05 bits per heavy atom. The van der Waals surface area contributed by atoms with Crippen LogP contribution >= 0.6 is 0 Å². The SMILES string of the molecule is COC(CCC1=CCCC=C1)CC(=O)Cc1ccccc1. The van der Waals surface area contributed by atoms with E-state index in [1.54, 1.807) is 7.11 Å². The van der Waals surface area contributed by atoms with Crippen molar-refractivity contribution in [3.05, 3.63) is 59.7 Å². The Kier molecular flexibility index (Phi) is 6.42. The summed E-state index contributed by atoms with van der Waals surface area (Å²) in [6.07, 6.45) is 11.9. The van der Waals surface area contributed by atoms with Gasteiger partial charge in [0.2, 0.25) is 0 Å². The fourth-order valence-electron chi connectivity index (χ4n) is 2.63. The molecule has 1 aromatic carbocycles. The molecule has 0 bridgehead atoms. The third-order valence-electron chi connectivity index (χ3n) is 3.86. The van der Waals surface area contributed by atoms with E-state index in [9.17, 15) is 4.79 Å². The van der Waals surface area contributed by atoms with E-state index in [-0.39, 0.29) is 11.9 Å². The van der Waals surface area contributed by atoms with Gasteiger partial charge in [0.1, 0.15) is 5.78 Å². The molecule has 1 aromatic rings. The van der Waals surface area contributed by atoms with Gasteiger partial charge in [-0.05, 0) is 31.2 Å². The fraction of sp³-hybridized carbons (Fsp3) is 0.421. The lowest BCUT2D eigenvalue weighted by Gasteiger charge is -2.15. The number of carbonyl (C=O) groups is 1. The Morgan fingerprint density at radius 3 is 2.71 bits per heavy atom. The average Bonchev–Trinajstić information content (AvgIpc) is 2.53. The van der Waals surface area contributed by atoms with Gasteiger partial charge in [0.15, 0.2) is 0 Å². The van der Waals surface area contributed by atoms with Crippen LogP contribution in [-0.4, -0.2) is 19.0 Å². The second kappa shape index (κ2) is 8.58. The Bertz CT molecular complexity index is 500. The van der Waals surface area contributed by atoms with Gasteiger partial charge in [0.05, 0.1) is 6.10 Å². The van der Waals surface area contributed by atoms with Crippen molar-refractivity contribution in [3.63, 3.8) is 0 Å². The first-order valence-corrected chi connectivity index (χ1v) is 7.72. The molecule has 0 amide bonds. The molecule has 1 aliphatic carbocycles. The van der Waals surface area contributed by atoms with Crippen molar-refractivity contribution in [2.75, 3.05) is 7.11 Å². The second-order valence-corrected chi connectivity index (χ2v) is 5.56. The van der Waals surface area contributed by atoms with Crippen LogP contribution in [0.1, 0.15) is 37.7 Å². The van der Waals surface area contributed by atoms with E-state index in [2.05, 4.69) is 18.2 Å². The number of ether oxygens (including phenoxy) is 1. The summed E-state index contributed by atoms with van der Waals surface area (Å²) in [6, 6.07) is 9.91. The van der Waals surface area contributed by atoms with Gasteiger partial charge >= 0.3 is 0 Å². The predicted molar refractivity (Wildman–Crippen MR) is 86.3 cm³/mol. The van der Waals surface area contributed by atoms with Crippen LogP contribution in [-0.2, 0) is 16.0 Å². The lowest BCUT2D eigenvalue weighted by atomic mass is 9.97. The number of ketones is 1. The van der Waals surface area contributed by atoms with Gasteiger partial charge in [-0.15, -0.1) is 0 Å². The van der Waals surface area contributed by atoms with Crippen LogP contribution in [0, 0.1) is 0 Å². The standard InChI is InChI=1S/C19H24O2/c1-21-19(13-12-16-8-4-2-5-9-16)15-18(20)14-17-10-6-3-7-11-17/h3-4,6-11,19H,2,5,12-15H2,1H3. The van der Waals surface area contributed by atoms with Gasteiger partial charge in [0, 0.05) is 20.0 Å². The predicted octanol–water partition coefficient (Wildman–Crippen LogP) is 4.26. The maximum atomic E-state index is 12.1. The van der Waals surface area contributed by atoms with Crippen LogP contribution in [0.25, 0.3) is 0 Å². The third kappa shape index (κ3) is 5.68. The smallest absolute Gasteiger partial charge is 0.139 e. The van der Waals surface area contributed by atoms with E-state index in [0.717, 1.165) is 31.2 Å². The van der Waals surface area contributed by atoms with E-state index in [0.29, 0.717) is 12.8 Å². The summed E-state index contributed by atoms with van der Waals surface area (Å²) in [7, 11) is 1.70. The average molecular weight is 284 g/mol. The van der Waals surface area contributed by atoms with E-state index in [4.69, 9.17) is 4.74 Å². The summed E-state index contributed by atoms with van der Waals surface area (Å²) in [5.41, 5.74) is 2.45. The fourth-order valence-corrected chi connectivity index (χ4v) is 2.63. The second-order valence-electron chi connectivity index (χ2n) is 5.56. The van der Waals surface area contributed by atoms with Crippen molar-refractivity contribution in [2.24, 2.45) is 0 Å². The minimum absolute atomic E-state index is 0.0254. The molecule has 0 N–H and O–H groups in total. The van der Waals surface area contributed by atoms with Crippen molar-refractivity contribution in [1.29, 1.82) is 0 Å². The molecule has 0 saturated carbocycles. The monoisotopic (exact) mass is 284 g/mol. The maximum Gasteiger partial charge on any atom is 0.139 e. The summed E-state index contributed by atoms with van der Waals surface area (Å²) >= 11 is 0. The van der Waals surface area contributed by atoms with Gasteiger partial charge < -0.3 is 4.74 Å². The molecule has 1 aliphatic rings. The quantitative estimate of drug-likeness (QED) is 0.713. The van der Waals surface area contributed by atoms with E-state index < -0.39 is 0 Å². The molecule has 2 nitrogen and oxygen atoms in total. The zero-order valence-corrected chi connectivity index (χ0v) is 12.8. The summed E-state index contributed by atoms with van der Waals surface area (Å²) in [5, 5.41) is 0. The molecule has 0 aromatic heterocycles. The number of Topliss-reactive ketones (excluding diaryl/α,β-unsaturated/α-hetero) is 1. The van der Waals surface area contributed by atoms with E-state index >= 15 is 0 Å². The normalized spacial score (nSPS) is 15.6. The van der Waals surface area contributed by atoms with Gasteiger partial charge in [-0.3, -0.25) is 4.79 Å². The lowest BCUT2D eigenvalue weighted by molar-refractivity contribution is -0.120. The number of carbonyl (C=O) groups excluding carboxylic acids is 1. The highest BCUT2D eigenvalue weighted by molar-refractivity contribution is 5.81. The Hall–Kier alpha value is -1.67. The molecule has 0 saturated heterocycles. The molecule has 0 fully saturated rings. The molecule has 112 valence electrons. The van der Waals surface area contributed by atoms with E-state index in [1.807, 2.05) is 30.3 Å². The molecule has 21 heavy (non-hydrogen) atoms. The van der Waals surface area contributed by atoms with Crippen LogP contribution in [0.4, 0.5) is 0 Å². The molecule has 0 radical (unpaired) electrons. The minimum atomic E-state index is 0.0254. The molecular weight excluding hydrogens is 260 g/mol. The first-order valence-electron chi connectivity index (χ1n) is 7.72. The summed E-state index contributed by atoms with van der Waals surface area (Å²) in [6.45, 7) is 0. The zero-order chi connectivity index (χ0) is 14.9. The Balaban J connectivity index is 1.77. The van der Waals surface area contributed by atoms with Gasteiger partial charge in [-0.25, -0.2) is 0 Å². The van der Waals surface area contributed by atoms with Crippen molar-refractivity contribution < 1.29 is 9.53 Å². The largest absolute Gasteiger partial charge is 0.381 e. The summed E-state index contributed by atoms with van der Waals surface area (Å²) < 4.78 is 5.48. The number of benzene rings is 1. The number of allylic oxidation sites excluding steroid dienone is 4.